The lowest BCUT2D eigenvalue weighted by Gasteiger charge is -2.21. The Balaban J connectivity index is 2.20. The molecule has 0 fully saturated rings. The monoisotopic (exact) mass is 313 g/mol. The maximum absolute atomic E-state index is 12.9. The van der Waals surface area contributed by atoms with E-state index in [1.807, 2.05) is 0 Å². The molecule has 0 saturated carbocycles. The zero-order chi connectivity index (χ0) is 17.3. The molecule has 24 heavy (non-hydrogen) atoms. The Kier molecular flexibility index (Phi) is 3.69. The summed E-state index contributed by atoms with van der Waals surface area (Å²) in [7, 11) is 0. The van der Waals surface area contributed by atoms with Crippen molar-refractivity contribution in [2.24, 2.45) is 0 Å². The van der Waals surface area contributed by atoms with Gasteiger partial charge < -0.3 is 5.32 Å². The van der Waals surface area contributed by atoms with Crippen molar-refractivity contribution < 1.29 is 9.59 Å². The Bertz CT molecular complexity index is 988. The van der Waals surface area contributed by atoms with Crippen LogP contribution in [0.4, 0.5) is 5.69 Å². The number of aryl methyl sites for hydroxylation is 1. The molecule has 0 saturated heterocycles. The molecular weight excluding hydrogens is 302 g/mol. The number of carbonyl (C=O) groups is 2. The molecule has 0 unspecified atom stereocenters. The van der Waals surface area contributed by atoms with Crippen LogP contribution < -0.4 is 5.32 Å². The minimum Gasteiger partial charge on any atom is -0.359 e. The van der Waals surface area contributed by atoms with E-state index in [2.05, 4.69) is 5.32 Å². The molecule has 0 aromatic heterocycles. The molecule has 2 aromatic rings. The van der Waals surface area contributed by atoms with Gasteiger partial charge >= 0.3 is 0 Å². The number of nitrogens with one attached hydrogen (secondary N) is 1. The Morgan fingerprint density at radius 2 is 1.58 bits per heavy atom. The molecule has 1 aliphatic carbocycles. The van der Waals surface area contributed by atoms with Crippen molar-refractivity contribution in [3.05, 3.63) is 76.0 Å². The van der Waals surface area contributed by atoms with Gasteiger partial charge in [-0.3, -0.25) is 9.59 Å². The van der Waals surface area contributed by atoms with Gasteiger partial charge in [0.15, 0.2) is 11.6 Å². The van der Waals surface area contributed by atoms with Crippen molar-refractivity contribution in [2.75, 3.05) is 5.32 Å². The number of fused-ring (bicyclic) bond motifs is 2. The van der Waals surface area contributed by atoms with Crippen LogP contribution in [0.25, 0.3) is 0 Å². The van der Waals surface area contributed by atoms with Crippen LogP contribution in [-0.2, 0) is 0 Å². The summed E-state index contributed by atoms with van der Waals surface area (Å²) in [4.78, 5) is 25.5. The molecule has 0 amide bonds. The summed E-state index contributed by atoms with van der Waals surface area (Å²) >= 11 is 0. The maximum atomic E-state index is 12.9. The van der Waals surface area contributed by atoms with Crippen molar-refractivity contribution in [1.29, 1.82) is 10.5 Å². The quantitative estimate of drug-likeness (QED) is 0.734. The average Bonchev–Trinajstić information content (AvgIpc) is 2.61. The molecular formula is C19H11N3O2. The van der Waals surface area contributed by atoms with Crippen LogP contribution in [0.15, 0.2) is 48.2 Å². The third kappa shape index (κ3) is 2.25. The minimum atomic E-state index is -0.254. The Labute approximate surface area is 138 Å². The number of anilines is 1. The van der Waals surface area contributed by atoms with Crippen LogP contribution in [0.1, 0.15) is 37.4 Å². The first-order valence-electron chi connectivity index (χ1n) is 7.17. The van der Waals surface area contributed by atoms with Gasteiger partial charge in [-0.05, 0) is 18.6 Å². The van der Waals surface area contributed by atoms with Gasteiger partial charge in [0, 0.05) is 22.9 Å². The van der Waals surface area contributed by atoms with Gasteiger partial charge in [0.25, 0.3) is 0 Å². The van der Waals surface area contributed by atoms with E-state index in [0.717, 1.165) is 5.56 Å². The molecule has 0 atom stereocenters. The summed E-state index contributed by atoms with van der Waals surface area (Å²) in [5.74, 6) is -0.469. The molecule has 0 aliphatic heterocycles. The fourth-order valence-electron chi connectivity index (χ4n) is 2.71. The van der Waals surface area contributed by atoms with E-state index in [0.29, 0.717) is 22.4 Å². The van der Waals surface area contributed by atoms with E-state index < -0.39 is 0 Å². The number of nitrogens with zero attached hydrogens (tertiary/aromatic N) is 2. The van der Waals surface area contributed by atoms with Gasteiger partial charge in [-0.1, -0.05) is 30.3 Å². The average molecular weight is 313 g/mol. The van der Waals surface area contributed by atoms with Crippen molar-refractivity contribution in [3.63, 3.8) is 0 Å². The number of hydrogen-bond acceptors (Lipinski definition) is 5. The largest absolute Gasteiger partial charge is 0.359 e. The zero-order valence-corrected chi connectivity index (χ0v) is 12.8. The summed E-state index contributed by atoms with van der Waals surface area (Å²) in [6, 6.07) is 13.5. The molecule has 3 rings (SSSR count). The van der Waals surface area contributed by atoms with Crippen LogP contribution in [0, 0.1) is 29.6 Å². The van der Waals surface area contributed by atoms with Crippen LogP contribution in [0.2, 0.25) is 0 Å². The fraction of sp³-hybridized carbons (Fsp3) is 0.0526. The van der Waals surface area contributed by atoms with E-state index in [1.165, 1.54) is 6.20 Å². The molecule has 5 nitrogen and oxygen atoms in total. The van der Waals surface area contributed by atoms with E-state index in [-0.39, 0.29) is 22.7 Å². The van der Waals surface area contributed by atoms with Crippen molar-refractivity contribution in [3.8, 4) is 12.1 Å². The predicted octanol–water partition coefficient (Wildman–Crippen LogP) is 3.11. The third-order valence-electron chi connectivity index (χ3n) is 3.90. The summed E-state index contributed by atoms with van der Waals surface area (Å²) in [6.07, 6.45) is 1.24. The van der Waals surface area contributed by atoms with Crippen LogP contribution >= 0.6 is 0 Å². The highest BCUT2D eigenvalue weighted by atomic mass is 16.1. The number of rotatable bonds is 2. The second-order valence-electron chi connectivity index (χ2n) is 5.31. The van der Waals surface area contributed by atoms with Crippen LogP contribution in [0.3, 0.4) is 0 Å². The summed E-state index contributed by atoms with van der Waals surface area (Å²) in [5, 5.41) is 20.5. The summed E-state index contributed by atoms with van der Waals surface area (Å²) in [6.45, 7) is 1.78. The van der Waals surface area contributed by atoms with Crippen LogP contribution in [-0.4, -0.2) is 11.6 Å². The third-order valence-corrected chi connectivity index (χ3v) is 3.90. The van der Waals surface area contributed by atoms with Gasteiger partial charge in [-0.2, -0.15) is 10.5 Å². The topological polar surface area (TPSA) is 93.8 Å². The first-order valence-corrected chi connectivity index (χ1v) is 7.17. The number of ketones is 2. The lowest BCUT2D eigenvalue weighted by molar-refractivity contribution is 0.0979. The number of benzene rings is 2. The molecule has 0 bridgehead atoms. The molecule has 0 heterocycles. The standard InChI is InChI=1S/C19H11N3O2/c1-11-6-7-15-16(17(11)22-10-12(8-20)9-21)19(24)14-5-3-2-4-13(14)18(15)23/h2-7,10,22H,1H3. The van der Waals surface area contributed by atoms with Gasteiger partial charge in [0.05, 0.1) is 11.3 Å². The lowest BCUT2D eigenvalue weighted by Crippen LogP contribution is -2.22. The molecule has 0 radical (unpaired) electrons. The first kappa shape index (κ1) is 15.2. The van der Waals surface area contributed by atoms with Crippen molar-refractivity contribution >= 4 is 17.3 Å². The molecule has 114 valence electrons. The molecule has 2 aromatic carbocycles. The molecule has 1 N–H and O–H groups in total. The predicted molar refractivity (Wildman–Crippen MR) is 87.4 cm³/mol. The van der Waals surface area contributed by atoms with Gasteiger partial charge in [0.1, 0.15) is 17.7 Å². The fourth-order valence-corrected chi connectivity index (χ4v) is 2.71. The molecule has 1 aliphatic rings. The second-order valence-corrected chi connectivity index (χ2v) is 5.31. The maximum Gasteiger partial charge on any atom is 0.196 e. The molecule has 5 heteroatoms. The highest BCUT2D eigenvalue weighted by Crippen LogP contribution is 2.34. The number of nitriles is 2. The number of allylic oxidation sites excluding steroid dienone is 1. The Morgan fingerprint density at radius 3 is 2.21 bits per heavy atom. The minimum absolute atomic E-state index is 0.123. The Hall–Kier alpha value is -3.70. The highest BCUT2D eigenvalue weighted by molar-refractivity contribution is 6.30. The SMILES string of the molecule is Cc1ccc2c(c1NC=C(C#N)C#N)C(=O)c1ccccc1C2=O. The number of carbonyl (C=O) groups excluding carboxylic acids is 2. The van der Waals surface area contributed by atoms with Crippen molar-refractivity contribution in [2.45, 2.75) is 6.92 Å². The van der Waals surface area contributed by atoms with Gasteiger partial charge in [-0.15, -0.1) is 0 Å². The van der Waals surface area contributed by atoms with E-state index in [4.69, 9.17) is 10.5 Å². The highest BCUT2D eigenvalue weighted by Gasteiger charge is 2.31. The van der Waals surface area contributed by atoms with Crippen LogP contribution in [0.5, 0.6) is 0 Å². The second kappa shape index (κ2) is 5.83. The summed E-state index contributed by atoms with van der Waals surface area (Å²) < 4.78 is 0. The van der Waals surface area contributed by atoms with E-state index in [9.17, 15) is 9.59 Å². The first-order chi connectivity index (χ1) is 11.6. The number of hydrogen-bond donors (Lipinski definition) is 1. The smallest absolute Gasteiger partial charge is 0.196 e. The molecule has 0 spiro atoms. The van der Waals surface area contributed by atoms with Crippen molar-refractivity contribution in [1.82, 2.24) is 0 Å². The lowest BCUT2D eigenvalue weighted by atomic mass is 9.82. The zero-order valence-electron chi connectivity index (χ0n) is 12.8. The van der Waals surface area contributed by atoms with Gasteiger partial charge in [-0.25, -0.2) is 0 Å². The van der Waals surface area contributed by atoms with E-state index >= 15 is 0 Å². The van der Waals surface area contributed by atoms with E-state index in [1.54, 1.807) is 55.5 Å². The Morgan fingerprint density at radius 1 is 0.958 bits per heavy atom. The normalized spacial score (nSPS) is 11.6. The summed E-state index contributed by atoms with van der Waals surface area (Å²) in [5.41, 5.74) is 2.37. The van der Waals surface area contributed by atoms with Gasteiger partial charge in [0.2, 0.25) is 0 Å².